The first-order valence-electron chi connectivity index (χ1n) is 5.99. The summed E-state index contributed by atoms with van der Waals surface area (Å²) in [5, 5.41) is 1.22. The van der Waals surface area contributed by atoms with Gasteiger partial charge in [-0.3, -0.25) is 19.3 Å². The number of hydrogen-bond donors (Lipinski definition) is 1. The maximum atomic E-state index is 13.7. The molecule has 0 aliphatic carbocycles. The van der Waals surface area contributed by atoms with Crippen LogP contribution in [0, 0.1) is 5.82 Å². The summed E-state index contributed by atoms with van der Waals surface area (Å²) in [6, 6.07) is 8.84. The van der Waals surface area contributed by atoms with Crippen LogP contribution in [0.3, 0.4) is 0 Å². The van der Waals surface area contributed by atoms with Crippen LogP contribution in [0.1, 0.15) is 16.1 Å². The Morgan fingerprint density at radius 2 is 1.95 bits per heavy atom. The van der Waals surface area contributed by atoms with Crippen molar-refractivity contribution in [2.24, 2.45) is 5.73 Å². The van der Waals surface area contributed by atoms with Gasteiger partial charge in [-0.15, -0.1) is 0 Å². The second-order valence-electron chi connectivity index (χ2n) is 4.17. The van der Waals surface area contributed by atoms with E-state index in [2.05, 4.69) is 0 Å². The monoisotopic (exact) mass is 275 g/mol. The number of benzene rings is 1. The molecule has 0 aliphatic heterocycles. The summed E-state index contributed by atoms with van der Waals surface area (Å²) in [5.74, 6) is -1.45. The fraction of sp³-hybridized carbons (Fsp3) is 0.143. The van der Waals surface area contributed by atoms with Crippen LogP contribution in [0.15, 0.2) is 42.6 Å². The van der Waals surface area contributed by atoms with Gasteiger partial charge in [-0.2, -0.15) is 0 Å². The van der Waals surface area contributed by atoms with Gasteiger partial charge in [0.05, 0.1) is 12.1 Å². The third-order valence-electron chi connectivity index (χ3n) is 2.94. The summed E-state index contributed by atoms with van der Waals surface area (Å²) in [6.07, 6.45) is 1.54. The Morgan fingerprint density at radius 1 is 1.25 bits per heavy atom. The predicted molar refractivity (Wildman–Crippen MR) is 72.5 cm³/mol. The fourth-order valence-electron chi connectivity index (χ4n) is 1.85. The summed E-state index contributed by atoms with van der Waals surface area (Å²) in [6.45, 7) is -0.179. The number of aromatic nitrogens is 1. The Bertz CT molecular complexity index is 651. The summed E-state index contributed by atoms with van der Waals surface area (Å²) >= 11 is 0. The summed E-state index contributed by atoms with van der Waals surface area (Å²) < 4.78 is 15.0. The van der Waals surface area contributed by atoms with E-state index >= 15 is 0 Å². The van der Waals surface area contributed by atoms with E-state index in [9.17, 15) is 14.0 Å². The van der Waals surface area contributed by atoms with Crippen LogP contribution in [0.5, 0.6) is 0 Å². The van der Waals surface area contributed by atoms with Crippen molar-refractivity contribution in [2.75, 3.05) is 18.6 Å². The highest BCUT2D eigenvalue weighted by atomic mass is 19.1. The molecule has 1 amide bonds. The van der Waals surface area contributed by atoms with E-state index in [0.717, 1.165) is 0 Å². The zero-order valence-electron chi connectivity index (χ0n) is 10.9. The molecule has 0 bridgehead atoms. The average molecular weight is 275 g/mol. The lowest BCUT2D eigenvalue weighted by Crippen LogP contribution is -2.41. The zero-order chi connectivity index (χ0) is 14.7. The lowest BCUT2D eigenvalue weighted by molar-refractivity contribution is -0.118. The van der Waals surface area contributed by atoms with Crippen LogP contribution in [0.4, 0.5) is 4.39 Å². The molecule has 0 fully saturated rings. The van der Waals surface area contributed by atoms with Gasteiger partial charge in [0.25, 0.3) is 5.91 Å². The molecule has 0 spiro atoms. The lowest BCUT2D eigenvalue weighted by atomic mass is 10.1. The van der Waals surface area contributed by atoms with E-state index in [1.54, 1.807) is 18.3 Å². The molecule has 104 valence electrons. The molecule has 0 atom stereocenters. The Balaban J connectivity index is 2.40. The molecule has 1 aromatic heterocycles. The smallest absolute Gasteiger partial charge is 0.254 e. The largest absolute Gasteiger partial charge is 0.322 e. The molecule has 0 radical (unpaired) electrons. The van der Waals surface area contributed by atoms with E-state index in [1.165, 1.54) is 41.0 Å². The molecule has 0 aliphatic rings. The van der Waals surface area contributed by atoms with Crippen molar-refractivity contribution in [3.8, 4) is 0 Å². The van der Waals surface area contributed by atoms with Crippen LogP contribution >= 0.6 is 0 Å². The highest BCUT2D eigenvalue weighted by molar-refractivity contribution is 6.08. The molecule has 2 aromatic rings. The predicted octanol–water partition coefficient (Wildman–Crippen LogP) is 0.911. The summed E-state index contributed by atoms with van der Waals surface area (Å²) in [5.41, 5.74) is 5.44. The highest BCUT2D eigenvalue weighted by Gasteiger charge is 2.20. The number of likely N-dealkylation sites (N-methyl/N-ethyl adjacent to an activating group) is 1. The molecular weight excluding hydrogens is 261 g/mol. The fourth-order valence-corrected chi connectivity index (χ4v) is 1.85. The quantitative estimate of drug-likeness (QED) is 0.843. The van der Waals surface area contributed by atoms with Crippen molar-refractivity contribution < 1.29 is 14.0 Å². The van der Waals surface area contributed by atoms with Crippen molar-refractivity contribution >= 4 is 11.7 Å². The van der Waals surface area contributed by atoms with Crippen molar-refractivity contribution in [1.82, 2.24) is 4.68 Å². The Kier molecular flexibility index (Phi) is 3.95. The van der Waals surface area contributed by atoms with E-state index < -0.39 is 11.6 Å². The maximum absolute atomic E-state index is 13.7. The summed E-state index contributed by atoms with van der Waals surface area (Å²) in [4.78, 5) is 23.9. The number of carbonyl (C=O) groups excluding carboxylic acids is 2. The molecule has 0 unspecified atom stereocenters. The molecule has 6 heteroatoms. The first kappa shape index (κ1) is 14.0. The van der Waals surface area contributed by atoms with Gasteiger partial charge in [0, 0.05) is 13.2 Å². The maximum Gasteiger partial charge on any atom is 0.254 e. The second kappa shape index (κ2) is 5.66. The summed E-state index contributed by atoms with van der Waals surface area (Å²) in [7, 11) is 1.49. The standard InChI is InChI=1S/C14H14FN3O2/c1-17(13(19)9-16)18-8-4-7-12(18)14(20)10-5-2-3-6-11(10)15/h2-8H,9,16H2,1H3. The molecule has 1 aromatic carbocycles. The van der Waals surface area contributed by atoms with Crippen molar-refractivity contribution in [1.29, 1.82) is 0 Å². The highest BCUT2D eigenvalue weighted by Crippen LogP contribution is 2.14. The van der Waals surface area contributed by atoms with Crippen molar-refractivity contribution in [2.45, 2.75) is 0 Å². The number of carbonyl (C=O) groups is 2. The minimum atomic E-state index is -0.599. The van der Waals surface area contributed by atoms with Gasteiger partial charge < -0.3 is 5.73 Å². The van der Waals surface area contributed by atoms with E-state index in [4.69, 9.17) is 5.73 Å². The van der Waals surface area contributed by atoms with E-state index in [1.807, 2.05) is 0 Å². The van der Waals surface area contributed by atoms with Crippen LogP contribution in [0.25, 0.3) is 0 Å². The van der Waals surface area contributed by atoms with Crippen LogP contribution in [-0.4, -0.2) is 30.0 Å². The van der Waals surface area contributed by atoms with Gasteiger partial charge >= 0.3 is 0 Å². The molecule has 2 rings (SSSR count). The molecule has 1 heterocycles. The van der Waals surface area contributed by atoms with Gasteiger partial charge in [-0.1, -0.05) is 12.1 Å². The Labute approximate surface area is 115 Å². The van der Waals surface area contributed by atoms with Crippen LogP contribution < -0.4 is 10.7 Å². The number of ketones is 1. The number of amides is 1. The first-order valence-corrected chi connectivity index (χ1v) is 5.99. The Hall–Kier alpha value is -2.47. The van der Waals surface area contributed by atoms with E-state index in [-0.39, 0.29) is 23.7 Å². The molecule has 0 saturated carbocycles. The van der Waals surface area contributed by atoms with Crippen molar-refractivity contribution in [3.05, 3.63) is 59.7 Å². The molecule has 2 N–H and O–H groups in total. The normalized spacial score (nSPS) is 10.3. The van der Waals surface area contributed by atoms with Gasteiger partial charge in [0.15, 0.2) is 0 Å². The van der Waals surface area contributed by atoms with Crippen LogP contribution in [-0.2, 0) is 4.79 Å². The van der Waals surface area contributed by atoms with Crippen molar-refractivity contribution in [3.63, 3.8) is 0 Å². The number of rotatable bonds is 4. The topological polar surface area (TPSA) is 68.3 Å². The first-order chi connectivity index (χ1) is 9.56. The molecular formula is C14H14FN3O2. The van der Waals surface area contributed by atoms with E-state index in [0.29, 0.717) is 0 Å². The number of halogens is 1. The molecule has 0 saturated heterocycles. The lowest BCUT2D eigenvalue weighted by Gasteiger charge is -2.20. The average Bonchev–Trinajstić information content (AvgIpc) is 2.94. The van der Waals surface area contributed by atoms with Crippen LogP contribution in [0.2, 0.25) is 0 Å². The third-order valence-corrected chi connectivity index (χ3v) is 2.94. The SMILES string of the molecule is CN(C(=O)CN)n1cccc1C(=O)c1ccccc1F. The zero-order valence-corrected chi connectivity index (χ0v) is 10.9. The second-order valence-corrected chi connectivity index (χ2v) is 4.17. The third kappa shape index (κ3) is 2.46. The number of nitrogens with two attached hydrogens (primary N) is 1. The minimum Gasteiger partial charge on any atom is -0.322 e. The van der Waals surface area contributed by atoms with Gasteiger partial charge in [-0.25, -0.2) is 4.39 Å². The number of hydrogen-bond acceptors (Lipinski definition) is 3. The van der Waals surface area contributed by atoms with Gasteiger partial charge in [-0.05, 0) is 24.3 Å². The van der Waals surface area contributed by atoms with Gasteiger partial charge in [0.1, 0.15) is 11.5 Å². The number of nitrogens with zero attached hydrogens (tertiary/aromatic N) is 2. The Morgan fingerprint density at radius 3 is 2.60 bits per heavy atom. The van der Waals surface area contributed by atoms with Gasteiger partial charge in [0.2, 0.25) is 5.78 Å². The molecule has 5 nitrogen and oxygen atoms in total. The molecule has 20 heavy (non-hydrogen) atoms. The minimum absolute atomic E-state index is 0.0407.